The van der Waals surface area contributed by atoms with Crippen molar-refractivity contribution in [2.75, 3.05) is 35.8 Å². The predicted molar refractivity (Wildman–Crippen MR) is 104 cm³/mol. The average Bonchev–Trinajstić information content (AvgIpc) is 2.51. The van der Waals surface area contributed by atoms with Crippen LogP contribution in [0.4, 0.5) is 17.1 Å². The predicted octanol–water partition coefficient (Wildman–Crippen LogP) is 4.05. The first-order valence-electron chi connectivity index (χ1n) is 7.57. The molecule has 25 heavy (non-hydrogen) atoms. The van der Waals surface area contributed by atoms with E-state index >= 15 is 0 Å². The van der Waals surface area contributed by atoms with Gasteiger partial charge in [-0.3, -0.25) is 9.59 Å². The molecule has 132 valence electrons. The van der Waals surface area contributed by atoms with Gasteiger partial charge in [-0.05, 0) is 42.5 Å². The first-order chi connectivity index (χ1) is 11.8. The summed E-state index contributed by atoms with van der Waals surface area (Å²) in [6, 6.07) is 12.2. The Bertz CT molecular complexity index is 756. The summed E-state index contributed by atoms with van der Waals surface area (Å²) < 4.78 is 0. The maximum Gasteiger partial charge on any atom is 0.244 e. The van der Waals surface area contributed by atoms with E-state index in [1.165, 1.54) is 11.8 Å². The van der Waals surface area contributed by atoms with Crippen LogP contribution in [0.5, 0.6) is 0 Å². The fourth-order valence-corrected chi connectivity index (χ4v) is 2.81. The summed E-state index contributed by atoms with van der Waals surface area (Å²) in [6.07, 6.45) is 0. The van der Waals surface area contributed by atoms with E-state index in [0.717, 1.165) is 5.69 Å². The van der Waals surface area contributed by atoms with Crippen LogP contribution in [0.2, 0.25) is 10.0 Å². The van der Waals surface area contributed by atoms with E-state index in [4.69, 9.17) is 23.2 Å². The molecule has 0 heterocycles. The van der Waals surface area contributed by atoms with E-state index in [0.29, 0.717) is 21.4 Å². The standard InChI is InChI=1S/C18H19Cl2N3O2/c1-12(24)23(17-6-4-16(5-7-17)22(2)3)11-18(25)21-15-9-13(19)8-14(20)10-15/h4-10H,11H2,1-3H3,(H,21,25). The lowest BCUT2D eigenvalue weighted by Gasteiger charge is -2.22. The van der Waals surface area contributed by atoms with Crippen LogP contribution in [0.25, 0.3) is 0 Å². The molecule has 0 unspecified atom stereocenters. The van der Waals surface area contributed by atoms with Gasteiger partial charge in [0.2, 0.25) is 11.8 Å². The number of rotatable bonds is 5. The van der Waals surface area contributed by atoms with Crippen molar-refractivity contribution in [2.45, 2.75) is 6.92 Å². The van der Waals surface area contributed by atoms with Crippen molar-refractivity contribution in [1.82, 2.24) is 0 Å². The fraction of sp³-hybridized carbons (Fsp3) is 0.222. The summed E-state index contributed by atoms with van der Waals surface area (Å²) in [5, 5.41) is 3.54. The summed E-state index contributed by atoms with van der Waals surface area (Å²) in [4.78, 5) is 27.6. The number of carbonyl (C=O) groups excluding carboxylic acids is 2. The summed E-state index contributed by atoms with van der Waals surface area (Å²) in [7, 11) is 3.86. The first-order valence-corrected chi connectivity index (χ1v) is 8.33. The molecule has 0 aliphatic heterocycles. The Balaban J connectivity index is 2.12. The molecule has 0 spiro atoms. The Kier molecular flexibility index (Phi) is 6.28. The highest BCUT2D eigenvalue weighted by Crippen LogP contribution is 2.23. The van der Waals surface area contributed by atoms with Crippen LogP contribution in [-0.4, -0.2) is 32.5 Å². The van der Waals surface area contributed by atoms with Crippen molar-refractivity contribution in [3.63, 3.8) is 0 Å². The molecule has 5 nitrogen and oxygen atoms in total. The molecule has 0 atom stereocenters. The number of nitrogens with one attached hydrogen (secondary N) is 1. The number of hydrogen-bond acceptors (Lipinski definition) is 3. The zero-order valence-corrected chi connectivity index (χ0v) is 15.7. The maximum absolute atomic E-state index is 12.3. The SMILES string of the molecule is CC(=O)N(CC(=O)Nc1cc(Cl)cc(Cl)c1)c1ccc(N(C)C)cc1. The van der Waals surface area contributed by atoms with Crippen LogP contribution in [0.1, 0.15) is 6.92 Å². The Morgan fingerprint density at radius 3 is 1.96 bits per heavy atom. The molecular weight excluding hydrogens is 361 g/mol. The van der Waals surface area contributed by atoms with Gasteiger partial charge in [0.15, 0.2) is 0 Å². The molecule has 2 amide bonds. The zero-order valence-electron chi connectivity index (χ0n) is 14.2. The Hall–Kier alpha value is -2.24. The lowest BCUT2D eigenvalue weighted by Crippen LogP contribution is -2.36. The van der Waals surface area contributed by atoms with Crippen LogP contribution in [0, 0.1) is 0 Å². The van der Waals surface area contributed by atoms with Crippen molar-refractivity contribution < 1.29 is 9.59 Å². The van der Waals surface area contributed by atoms with Crippen molar-refractivity contribution >= 4 is 52.1 Å². The Morgan fingerprint density at radius 1 is 0.960 bits per heavy atom. The van der Waals surface area contributed by atoms with Gasteiger partial charge in [-0.1, -0.05) is 23.2 Å². The lowest BCUT2D eigenvalue weighted by molar-refractivity contribution is -0.120. The number of anilines is 3. The summed E-state index contributed by atoms with van der Waals surface area (Å²) in [5.74, 6) is -0.568. The number of amides is 2. The molecule has 0 bridgehead atoms. The second-order valence-electron chi connectivity index (χ2n) is 5.72. The van der Waals surface area contributed by atoms with E-state index < -0.39 is 0 Å². The third-order valence-corrected chi connectivity index (χ3v) is 3.94. The highest BCUT2D eigenvalue weighted by Gasteiger charge is 2.16. The third-order valence-electron chi connectivity index (χ3n) is 3.51. The second kappa shape index (κ2) is 8.23. The van der Waals surface area contributed by atoms with Gasteiger partial charge in [-0.25, -0.2) is 0 Å². The number of nitrogens with zero attached hydrogens (tertiary/aromatic N) is 2. The van der Waals surface area contributed by atoms with E-state index in [1.807, 2.05) is 31.1 Å². The van der Waals surface area contributed by atoms with E-state index in [9.17, 15) is 9.59 Å². The van der Waals surface area contributed by atoms with Crippen LogP contribution in [0.15, 0.2) is 42.5 Å². The molecular formula is C18H19Cl2N3O2. The quantitative estimate of drug-likeness (QED) is 0.852. The molecule has 0 fully saturated rings. The molecule has 0 radical (unpaired) electrons. The van der Waals surface area contributed by atoms with E-state index in [-0.39, 0.29) is 18.4 Å². The molecule has 0 saturated heterocycles. The zero-order chi connectivity index (χ0) is 18.6. The maximum atomic E-state index is 12.3. The van der Waals surface area contributed by atoms with Gasteiger partial charge in [-0.2, -0.15) is 0 Å². The topological polar surface area (TPSA) is 52.7 Å². The number of halogens is 2. The Labute approximate surface area is 157 Å². The fourth-order valence-electron chi connectivity index (χ4n) is 2.29. The monoisotopic (exact) mass is 379 g/mol. The van der Waals surface area contributed by atoms with Crippen molar-refractivity contribution in [1.29, 1.82) is 0 Å². The third kappa shape index (κ3) is 5.37. The van der Waals surface area contributed by atoms with Gasteiger partial charge in [0.05, 0.1) is 0 Å². The molecule has 2 rings (SSSR count). The highest BCUT2D eigenvalue weighted by molar-refractivity contribution is 6.35. The molecule has 2 aromatic carbocycles. The van der Waals surface area contributed by atoms with E-state index in [2.05, 4.69) is 5.32 Å². The number of benzene rings is 2. The molecule has 0 aromatic heterocycles. The number of hydrogen-bond donors (Lipinski definition) is 1. The lowest BCUT2D eigenvalue weighted by atomic mass is 10.2. The van der Waals surface area contributed by atoms with Crippen LogP contribution in [0.3, 0.4) is 0 Å². The normalized spacial score (nSPS) is 10.3. The minimum atomic E-state index is -0.342. The van der Waals surface area contributed by atoms with Gasteiger partial charge in [0.1, 0.15) is 6.54 Å². The molecule has 2 aromatic rings. The summed E-state index contributed by atoms with van der Waals surface area (Å²) >= 11 is 11.8. The molecule has 1 N–H and O–H groups in total. The minimum absolute atomic E-state index is 0.110. The van der Waals surface area contributed by atoms with Gasteiger partial charge >= 0.3 is 0 Å². The molecule has 7 heteroatoms. The summed E-state index contributed by atoms with van der Waals surface area (Å²) in [6.45, 7) is 1.31. The van der Waals surface area contributed by atoms with Crippen molar-refractivity contribution in [3.8, 4) is 0 Å². The summed E-state index contributed by atoms with van der Waals surface area (Å²) in [5.41, 5.74) is 2.14. The minimum Gasteiger partial charge on any atom is -0.378 e. The smallest absolute Gasteiger partial charge is 0.244 e. The second-order valence-corrected chi connectivity index (χ2v) is 6.60. The van der Waals surface area contributed by atoms with Gasteiger partial charge in [0.25, 0.3) is 0 Å². The number of carbonyl (C=O) groups is 2. The van der Waals surface area contributed by atoms with Gasteiger partial charge < -0.3 is 15.1 Å². The van der Waals surface area contributed by atoms with Crippen LogP contribution >= 0.6 is 23.2 Å². The van der Waals surface area contributed by atoms with Crippen molar-refractivity contribution in [2.24, 2.45) is 0 Å². The molecule has 0 aliphatic rings. The first kappa shape index (κ1) is 19.1. The molecule has 0 aliphatic carbocycles. The van der Waals surface area contributed by atoms with E-state index in [1.54, 1.807) is 30.3 Å². The highest BCUT2D eigenvalue weighted by atomic mass is 35.5. The van der Waals surface area contributed by atoms with Crippen LogP contribution in [-0.2, 0) is 9.59 Å². The van der Waals surface area contributed by atoms with Crippen molar-refractivity contribution in [3.05, 3.63) is 52.5 Å². The Morgan fingerprint density at radius 2 is 1.48 bits per heavy atom. The average molecular weight is 380 g/mol. The largest absolute Gasteiger partial charge is 0.378 e. The molecule has 0 saturated carbocycles. The van der Waals surface area contributed by atoms with Gasteiger partial charge in [-0.15, -0.1) is 0 Å². The van der Waals surface area contributed by atoms with Crippen LogP contribution < -0.4 is 15.1 Å². The van der Waals surface area contributed by atoms with Gasteiger partial charge in [0, 0.05) is 48.1 Å².